The van der Waals surface area contributed by atoms with E-state index in [1.165, 1.54) is 11.3 Å². The monoisotopic (exact) mass is 233 g/mol. The summed E-state index contributed by atoms with van der Waals surface area (Å²) >= 11 is 3.05. The predicted molar refractivity (Wildman–Crippen MR) is 60.7 cm³/mol. The number of hydrogen-bond acceptors (Lipinski definition) is 6. The summed E-state index contributed by atoms with van der Waals surface area (Å²) in [4.78, 5) is 0. The molecule has 4 nitrogen and oxygen atoms in total. The molecule has 1 aromatic heterocycles. The zero-order chi connectivity index (χ0) is 10.4. The normalized spacial score (nSPS) is 11.1. The molecule has 0 aromatic carbocycles. The number of thioether (sulfide) groups is 1. The first-order valence-electron chi connectivity index (χ1n) is 4.48. The Morgan fingerprint density at radius 2 is 2.29 bits per heavy atom. The number of nitrogens with two attached hydrogens (primary N) is 1. The predicted octanol–water partition coefficient (Wildman–Crippen LogP) is 1.89. The molecule has 1 aromatic rings. The van der Waals surface area contributed by atoms with Crippen molar-refractivity contribution in [2.24, 2.45) is 5.92 Å². The average molecular weight is 233 g/mol. The van der Waals surface area contributed by atoms with Gasteiger partial charge < -0.3 is 10.5 Å². The lowest BCUT2D eigenvalue weighted by Gasteiger charge is -2.04. The first-order chi connectivity index (χ1) is 6.68. The summed E-state index contributed by atoms with van der Waals surface area (Å²) in [6, 6.07) is 0. The molecule has 6 heteroatoms. The van der Waals surface area contributed by atoms with E-state index in [-0.39, 0.29) is 0 Å². The molecular weight excluding hydrogens is 218 g/mol. The molecule has 0 radical (unpaired) electrons. The maximum Gasteiger partial charge on any atom is 0.203 e. The fourth-order valence-electron chi connectivity index (χ4n) is 0.786. The van der Waals surface area contributed by atoms with E-state index in [1.54, 1.807) is 11.8 Å². The van der Waals surface area contributed by atoms with Crippen LogP contribution in [0.4, 0.5) is 5.13 Å². The van der Waals surface area contributed by atoms with Crippen LogP contribution < -0.4 is 5.73 Å². The van der Waals surface area contributed by atoms with E-state index in [4.69, 9.17) is 10.5 Å². The molecule has 2 N–H and O–H groups in total. The Hall–Kier alpha value is -0.330. The highest BCUT2D eigenvalue weighted by Crippen LogP contribution is 2.22. The Bertz CT molecular complexity index is 265. The fraction of sp³-hybridized carbons (Fsp3) is 0.750. The summed E-state index contributed by atoms with van der Waals surface area (Å²) in [5.74, 6) is 1.50. The van der Waals surface area contributed by atoms with Gasteiger partial charge in [0.15, 0.2) is 4.34 Å². The Balaban J connectivity index is 2.04. The summed E-state index contributed by atoms with van der Waals surface area (Å²) in [5, 5.41) is 8.15. The van der Waals surface area contributed by atoms with Crippen LogP contribution in [0.2, 0.25) is 0 Å². The van der Waals surface area contributed by atoms with Crippen LogP contribution in [0, 0.1) is 5.92 Å². The summed E-state index contributed by atoms with van der Waals surface area (Å²) in [5.41, 5.74) is 5.45. The van der Waals surface area contributed by atoms with Gasteiger partial charge in [-0.25, -0.2) is 0 Å². The number of aromatic nitrogens is 2. The van der Waals surface area contributed by atoms with E-state index in [1.807, 2.05) is 0 Å². The van der Waals surface area contributed by atoms with Crippen molar-refractivity contribution in [3.05, 3.63) is 0 Å². The Morgan fingerprint density at radius 3 is 2.86 bits per heavy atom. The largest absolute Gasteiger partial charge is 0.380 e. The third-order valence-electron chi connectivity index (χ3n) is 1.33. The number of nitrogen functional groups attached to an aromatic ring is 1. The molecule has 0 aliphatic heterocycles. The van der Waals surface area contributed by atoms with Crippen LogP contribution in [0.3, 0.4) is 0 Å². The molecule has 0 spiro atoms. The second-order valence-electron chi connectivity index (χ2n) is 3.22. The molecular formula is C8H15N3OS2. The van der Waals surface area contributed by atoms with Crippen molar-refractivity contribution >= 4 is 28.2 Å². The molecule has 1 heterocycles. The standard InChI is InChI=1S/C8H15N3OS2/c1-6(2)5-12-3-4-13-8-11-10-7(9)14-8/h6H,3-5H2,1-2H3,(H2,9,10). The van der Waals surface area contributed by atoms with E-state index < -0.39 is 0 Å². The summed E-state index contributed by atoms with van der Waals surface area (Å²) in [7, 11) is 0. The van der Waals surface area contributed by atoms with Crippen LogP contribution in [-0.4, -0.2) is 29.2 Å². The Kier molecular flexibility index (Phi) is 5.21. The van der Waals surface area contributed by atoms with E-state index in [0.717, 1.165) is 23.3 Å². The van der Waals surface area contributed by atoms with Crippen LogP contribution in [0.1, 0.15) is 13.8 Å². The van der Waals surface area contributed by atoms with Crippen molar-refractivity contribution in [2.45, 2.75) is 18.2 Å². The molecule has 1 rings (SSSR count). The van der Waals surface area contributed by atoms with Crippen LogP contribution in [-0.2, 0) is 4.74 Å². The van der Waals surface area contributed by atoms with Crippen LogP contribution in [0.25, 0.3) is 0 Å². The molecule has 0 bridgehead atoms. The highest BCUT2D eigenvalue weighted by Gasteiger charge is 2.01. The van der Waals surface area contributed by atoms with Crippen LogP contribution in [0.5, 0.6) is 0 Å². The number of hydrogen-bond donors (Lipinski definition) is 1. The lowest BCUT2D eigenvalue weighted by molar-refractivity contribution is 0.124. The molecule has 0 atom stereocenters. The van der Waals surface area contributed by atoms with E-state index in [9.17, 15) is 0 Å². The Labute approximate surface area is 92.2 Å². The second-order valence-corrected chi connectivity index (χ2v) is 5.57. The van der Waals surface area contributed by atoms with E-state index in [2.05, 4.69) is 24.0 Å². The van der Waals surface area contributed by atoms with E-state index in [0.29, 0.717) is 11.0 Å². The molecule has 14 heavy (non-hydrogen) atoms. The maximum absolute atomic E-state index is 5.45. The van der Waals surface area contributed by atoms with Gasteiger partial charge in [0.2, 0.25) is 5.13 Å². The SMILES string of the molecule is CC(C)COCCSc1nnc(N)s1. The Morgan fingerprint density at radius 1 is 1.50 bits per heavy atom. The zero-order valence-electron chi connectivity index (χ0n) is 8.40. The lowest BCUT2D eigenvalue weighted by Crippen LogP contribution is -2.04. The smallest absolute Gasteiger partial charge is 0.203 e. The molecule has 0 aliphatic rings. The van der Waals surface area contributed by atoms with Gasteiger partial charge in [-0.1, -0.05) is 36.9 Å². The van der Waals surface area contributed by atoms with Gasteiger partial charge >= 0.3 is 0 Å². The maximum atomic E-state index is 5.45. The summed E-state index contributed by atoms with van der Waals surface area (Å²) in [6.45, 7) is 5.85. The first-order valence-corrected chi connectivity index (χ1v) is 6.28. The van der Waals surface area contributed by atoms with Crippen molar-refractivity contribution in [1.29, 1.82) is 0 Å². The molecule has 0 unspecified atom stereocenters. The molecule has 0 saturated carbocycles. The van der Waals surface area contributed by atoms with Gasteiger partial charge in [0.25, 0.3) is 0 Å². The molecule has 0 saturated heterocycles. The minimum Gasteiger partial charge on any atom is -0.380 e. The van der Waals surface area contributed by atoms with Gasteiger partial charge in [0, 0.05) is 12.4 Å². The van der Waals surface area contributed by atoms with Gasteiger partial charge in [-0.2, -0.15) is 0 Å². The zero-order valence-corrected chi connectivity index (χ0v) is 10.0. The minimum atomic E-state index is 0.524. The van der Waals surface area contributed by atoms with Gasteiger partial charge in [-0.3, -0.25) is 0 Å². The third kappa shape index (κ3) is 4.78. The highest BCUT2D eigenvalue weighted by molar-refractivity contribution is 8.01. The number of anilines is 1. The first kappa shape index (κ1) is 11.7. The van der Waals surface area contributed by atoms with Gasteiger partial charge in [0.1, 0.15) is 0 Å². The average Bonchev–Trinajstić information content (AvgIpc) is 2.50. The number of nitrogens with zero attached hydrogens (tertiary/aromatic N) is 2. The third-order valence-corrected chi connectivity index (χ3v) is 3.18. The van der Waals surface area contributed by atoms with Crippen LogP contribution >= 0.6 is 23.1 Å². The molecule has 0 amide bonds. The second kappa shape index (κ2) is 6.21. The van der Waals surface area contributed by atoms with Crippen LogP contribution in [0.15, 0.2) is 4.34 Å². The van der Waals surface area contributed by atoms with Crippen molar-refractivity contribution in [2.75, 3.05) is 24.7 Å². The molecule has 80 valence electrons. The minimum absolute atomic E-state index is 0.524. The van der Waals surface area contributed by atoms with Crippen molar-refractivity contribution < 1.29 is 4.74 Å². The lowest BCUT2D eigenvalue weighted by atomic mass is 10.2. The highest BCUT2D eigenvalue weighted by atomic mass is 32.2. The van der Waals surface area contributed by atoms with Crippen molar-refractivity contribution in [3.8, 4) is 0 Å². The molecule has 0 fully saturated rings. The van der Waals surface area contributed by atoms with Crippen molar-refractivity contribution in [1.82, 2.24) is 10.2 Å². The van der Waals surface area contributed by atoms with Gasteiger partial charge in [-0.15, -0.1) is 10.2 Å². The fourth-order valence-corrected chi connectivity index (χ4v) is 2.34. The van der Waals surface area contributed by atoms with Crippen molar-refractivity contribution in [3.63, 3.8) is 0 Å². The summed E-state index contributed by atoms with van der Waals surface area (Å²) in [6.07, 6.45) is 0. The quantitative estimate of drug-likeness (QED) is 0.600. The summed E-state index contributed by atoms with van der Waals surface area (Å²) < 4.78 is 6.34. The number of rotatable bonds is 6. The van der Waals surface area contributed by atoms with Gasteiger partial charge in [0.05, 0.1) is 6.61 Å². The number of ether oxygens (including phenoxy) is 1. The topological polar surface area (TPSA) is 61.0 Å². The van der Waals surface area contributed by atoms with E-state index >= 15 is 0 Å². The molecule has 0 aliphatic carbocycles. The van der Waals surface area contributed by atoms with Gasteiger partial charge in [-0.05, 0) is 5.92 Å².